The molecule has 0 aliphatic carbocycles. The number of aliphatic hydroxyl groups is 1. The zero-order valence-electron chi connectivity index (χ0n) is 11.4. The summed E-state index contributed by atoms with van der Waals surface area (Å²) in [6.07, 6.45) is 0. The van der Waals surface area contributed by atoms with Gasteiger partial charge in [-0.2, -0.15) is 0 Å². The number of non-ortho nitro benzene ring substituents is 1. The third kappa shape index (κ3) is 4.50. The molecule has 106 valence electrons. The van der Waals surface area contributed by atoms with Gasteiger partial charge < -0.3 is 15.2 Å². The van der Waals surface area contributed by atoms with Gasteiger partial charge in [-0.25, -0.2) is 0 Å². The summed E-state index contributed by atoms with van der Waals surface area (Å²) in [6.45, 7) is 4.50. The molecule has 2 unspecified atom stereocenters. The van der Waals surface area contributed by atoms with Crippen molar-refractivity contribution < 1.29 is 14.8 Å². The first-order valence-corrected chi connectivity index (χ1v) is 6.14. The van der Waals surface area contributed by atoms with Crippen LogP contribution in [0.2, 0.25) is 0 Å². The van der Waals surface area contributed by atoms with Crippen molar-refractivity contribution in [2.75, 3.05) is 13.7 Å². The Hall–Kier alpha value is -1.66. The lowest BCUT2D eigenvalue weighted by Gasteiger charge is -2.19. The Balaban J connectivity index is 2.77. The number of hydrogen-bond acceptors (Lipinski definition) is 5. The minimum atomic E-state index is -0.439. The molecule has 0 aliphatic rings. The molecule has 0 aromatic heterocycles. The molecule has 0 heterocycles. The van der Waals surface area contributed by atoms with Crippen LogP contribution < -0.4 is 10.1 Å². The van der Waals surface area contributed by atoms with Crippen LogP contribution in [0.3, 0.4) is 0 Å². The molecule has 0 bridgehead atoms. The van der Waals surface area contributed by atoms with E-state index in [9.17, 15) is 10.1 Å². The molecule has 2 atom stereocenters. The normalized spacial score (nSPS) is 13.9. The predicted molar refractivity (Wildman–Crippen MR) is 72.2 cm³/mol. The zero-order valence-corrected chi connectivity index (χ0v) is 11.4. The summed E-state index contributed by atoms with van der Waals surface area (Å²) in [5, 5.41) is 23.1. The van der Waals surface area contributed by atoms with Gasteiger partial charge in [0.2, 0.25) is 0 Å². The van der Waals surface area contributed by atoms with Crippen molar-refractivity contribution >= 4 is 5.69 Å². The fourth-order valence-corrected chi connectivity index (χ4v) is 1.61. The lowest BCUT2D eigenvalue weighted by molar-refractivity contribution is -0.385. The van der Waals surface area contributed by atoms with Crippen LogP contribution in [0.15, 0.2) is 18.2 Å². The monoisotopic (exact) mass is 268 g/mol. The molecule has 19 heavy (non-hydrogen) atoms. The number of rotatable bonds is 7. The Labute approximate surface area is 112 Å². The summed E-state index contributed by atoms with van der Waals surface area (Å²) >= 11 is 0. The highest BCUT2D eigenvalue weighted by molar-refractivity contribution is 5.42. The standard InChI is InChI=1S/C13H20N2O4/c1-9(8-16)10(2)14-7-11-4-12(15(17)18)6-13(5-11)19-3/h4-6,9-10,14,16H,7-8H2,1-3H3. The van der Waals surface area contributed by atoms with Gasteiger partial charge in [0.25, 0.3) is 5.69 Å². The maximum absolute atomic E-state index is 10.8. The van der Waals surface area contributed by atoms with E-state index in [1.165, 1.54) is 19.2 Å². The quantitative estimate of drug-likeness (QED) is 0.581. The molecule has 6 heteroatoms. The van der Waals surface area contributed by atoms with Crippen LogP contribution in [-0.4, -0.2) is 29.8 Å². The van der Waals surface area contributed by atoms with Gasteiger partial charge in [-0.3, -0.25) is 10.1 Å². The minimum Gasteiger partial charge on any atom is -0.496 e. The van der Waals surface area contributed by atoms with E-state index in [4.69, 9.17) is 9.84 Å². The molecule has 0 radical (unpaired) electrons. The fraction of sp³-hybridized carbons (Fsp3) is 0.538. The first-order chi connectivity index (χ1) is 8.97. The molecular formula is C13H20N2O4. The first kappa shape index (κ1) is 15.4. The number of hydrogen-bond donors (Lipinski definition) is 2. The van der Waals surface area contributed by atoms with Crippen LogP contribution >= 0.6 is 0 Å². The number of nitro groups is 1. The fourth-order valence-electron chi connectivity index (χ4n) is 1.61. The van der Waals surface area contributed by atoms with Crippen molar-refractivity contribution in [2.45, 2.75) is 26.4 Å². The average Bonchev–Trinajstić information content (AvgIpc) is 2.43. The third-order valence-corrected chi connectivity index (χ3v) is 3.17. The molecule has 0 amide bonds. The molecule has 1 rings (SSSR count). The number of nitrogens with one attached hydrogen (secondary N) is 1. The summed E-state index contributed by atoms with van der Waals surface area (Å²) in [7, 11) is 1.48. The minimum absolute atomic E-state index is 0.0130. The van der Waals surface area contributed by atoms with Gasteiger partial charge in [0.1, 0.15) is 5.75 Å². The van der Waals surface area contributed by atoms with Crippen molar-refractivity contribution in [3.05, 3.63) is 33.9 Å². The zero-order chi connectivity index (χ0) is 14.4. The maximum Gasteiger partial charge on any atom is 0.273 e. The van der Waals surface area contributed by atoms with Crippen molar-refractivity contribution in [1.29, 1.82) is 0 Å². The first-order valence-electron chi connectivity index (χ1n) is 6.14. The van der Waals surface area contributed by atoms with Crippen LogP contribution in [0.25, 0.3) is 0 Å². The van der Waals surface area contributed by atoms with Crippen LogP contribution in [0.4, 0.5) is 5.69 Å². The Bertz CT molecular complexity index is 437. The van der Waals surface area contributed by atoms with Crippen LogP contribution in [-0.2, 0) is 6.54 Å². The second-order valence-electron chi connectivity index (χ2n) is 4.63. The number of nitrogens with zero attached hydrogens (tertiary/aromatic N) is 1. The van der Waals surface area contributed by atoms with Gasteiger partial charge in [0.05, 0.1) is 18.1 Å². The second-order valence-corrected chi connectivity index (χ2v) is 4.63. The molecule has 0 aliphatic heterocycles. The molecule has 0 saturated heterocycles. The molecule has 1 aromatic rings. The summed E-state index contributed by atoms with van der Waals surface area (Å²) in [5.74, 6) is 0.592. The highest BCUT2D eigenvalue weighted by Gasteiger charge is 2.13. The smallest absolute Gasteiger partial charge is 0.273 e. The maximum atomic E-state index is 10.8. The Kier molecular flexibility index (Phi) is 5.72. The molecule has 6 nitrogen and oxygen atoms in total. The van der Waals surface area contributed by atoms with Gasteiger partial charge in [0, 0.05) is 25.3 Å². The highest BCUT2D eigenvalue weighted by atomic mass is 16.6. The van der Waals surface area contributed by atoms with Crippen molar-refractivity contribution in [1.82, 2.24) is 5.32 Å². The Morgan fingerprint density at radius 1 is 1.42 bits per heavy atom. The van der Waals surface area contributed by atoms with Gasteiger partial charge >= 0.3 is 0 Å². The van der Waals surface area contributed by atoms with E-state index in [2.05, 4.69) is 5.32 Å². The van der Waals surface area contributed by atoms with E-state index in [-0.39, 0.29) is 24.3 Å². The average molecular weight is 268 g/mol. The Morgan fingerprint density at radius 2 is 2.11 bits per heavy atom. The molecule has 0 fully saturated rings. The van der Waals surface area contributed by atoms with Crippen LogP contribution in [0.5, 0.6) is 5.75 Å². The van der Waals surface area contributed by atoms with E-state index in [0.717, 1.165) is 5.56 Å². The molecule has 2 N–H and O–H groups in total. The molecule has 0 spiro atoms. The van der Waals surface area contributed by atoms with Gasteiger partial charge in [0.15, 0.2) is 0 Å². The number of nitro benzene ring substituents is 1. The second kappa shape index (κ2) is 7.06. The van der Waals surface area contributed by atoms with Gasteiger partial charge in [-0.15, -0.1) is 0 Å². The van der Waals surface area contributed by atoms with E-state index in [0.29, 0.717) is 12.3 Å². The lowest BCUT2D eigenvalue weighted by atomic mass is 10.0. The van der Waals surface area contributed by atoms with Crippen LogP contribution in [0.1, 0.15) is 19.4 Å². The SMILES string of the molecule is COc1cc(CNC(C)C(C)CO)cc([N+](=O)[O-])c1. The van der Waals surface area contributed by atoms with E-state index >= 15 is 0 Å². The van der Waals surface area contributed by atoms with Crippen molar-refractivity contribution in [3.63, 3.8) is 0 Å². The molecule has 0 saturated carbocycles. The highest BCUT2D eigenvalue weighted by Crippen LogP contribution is 2.22. The number of aliphatic hydroxyl groups excluding tert-OH is 1. The lowest BCUT2D eigenvalue weighted by Crippen LogP contribution is -2.33. The van der Waals surface area contributed by atoms with E-state index in [1.54, 1.807) is 6.07 Å². The van der Waals surface area contributed by atoms with Crippen molar-refractivity contribution in [3.8, 4) is 5.75 Å². The van der Waals surface area contributed by atoms with Crippen molar-refractivity contribution in [2.24, 2.45) is 5.92 Å². The van der Waals surface area contributed by atoms with Gasteiger partial charge in [-0.05, 0) is 24.5 Å². The molecule has 1 aromatic carbocycles. The Morgan fingerprint density at radius 3 is 2.63 bits per heavy atom. The summed E-state index contributed by atoms with van der Waals surface area (Å²) in [5.41, 5.74) is 0.794. The van der Waals surface area contributed by atoms with E-state index < -0.39 is 4.92 Å². The number of benzene rings is 1. The van der Waals surface area contributed by atoms with Gasteiger partial charge in [-0.1, -0.05) is 6.92 Å². The molecular weight excluding hydrogens is 248 g/mol. The summed E-state index contributed by atoms with van der Waals surface area (Å²) in [4.78, 5) is 10.4. The largest absolute Gasteiger partial charge is 0.496 e. The number of methoxy groups -OCH3 is 1. The number of ether oxygens (including phenoxy) is 1. The topological polar surface area (TPSA) is 84.6 Å². The predicted octanol–water partition coefficient (Wildman–Crippen LogP) is 1.71. The van der Waals surface area contributed by atoms with Crippen LogP contribution in [0, 0.1) is 16.0 Å². The third-order valence-electron chi connectivity index (χ3n) is 3.17. The summed E-state index contributed by atoms with van der Waals surface area (Å²) in [6, 6.07) is 4.79. The summed E-state index contributed by atoms with van der Waals surface area (Å²) < 4.78 is 5.05. The van der Waals surface area contributed by atoms with E-state index in [1.807, 2.05) is 13.8 Å².